The minimum absolute atomic E-state index is 0.107. The molecule has 2 heterocycles. The van der Waals surface area contributed by atoms with Crippen molar-refractivity contribution in [2.24, 2.45) is 0 Å². The number of nitrogens with zero attached hydrogens (tertiary/aromatic N) is 2. The topological polar surface area (TPSA) is 69.6 Å². The molecular weight excluding hydrogens is 306 g/mol. The molecule has 0 radical (unpaired) electrons. The highest BCUT2D eigenvalue weighted by Crippen LogP contribution is 2.23. The first-order chi connectivity index (χ1) is 11.5. The van der Waals surface area contributed by atoms with E-state index in [1.807, 2.05) is 11.0 Å². The van der Waals surface area contributed by atoms with E-state index in [-0.39, 0.29) is 17.5 Å². The largest absolute Gasteiger partial charge is 0.384 e. The van der Waals surface area contributed by atoms with Crippen LogP contribution in [0.15, 0.2) is 39.6 Å². The second kappa shape index (κ2) is 6.95. The molecule has 0 saturated carbocycles. The molecular formula is C18H23N3O3. The first-order valence-electron chi connectivity index (χ1n) is 8.32. The lowest BCUT2D eigenvalue weighted by molar-refractivity contribution is -0.133. The van der Waals surface area contributed by atoms with Crippen molar-refractivity contribution in [3.05, 3.63) is 52.0 Å². The lowest BCUT2D eigenvalue weighted by Crippen LogP contribution is -2.54. The molecule has 24 heavy (non-hydrogen) atoms. The Kier molecular flexibility index (Phi) is 4.74. The van der Waals surface area contributed by atoms with Crippen LogP contribution in [0.3, 0.4) is 0 Å². The number of carbonyl (C=O) groups is 1. The Labute approximate surface area is 141 Å². The van der Waals surface area contributed by atoms with Crippen molar-refractivity contribution in [1.82, 2.24) is 10.1 Å². The average Bonchev–Trinajstić information content (AvgIpc) is 2.98. The van der Waals surface area contributed by atoms with Gasteiger partial charge in [0.2, 0.25) is 5.91 Å². The van der Waals surface area contributed by atoms with Gasteiger partial charge in [-0.25, -0.2) is 0 Å². The summed E-state index contributed by atoms with van der Waals surface area (Å²) in [5, 5.41) is 2.25. The number of aromatic amines is 1. The summed E-state index contributed by atoms with van der Waals surface area (Å²) in [6, 6.07) is 9.89. The molecule has 1 aromatic carbocycles. The van der Waals surface area contributed by atoms with Gasteiger partial charge in [-0.05, 0) is 25.5 Å². The van der Waals surface area contributed by atoms with Crippen LogP contribution in [0, 0.1) is 6.92 Å². The number of aryl methyl sites for hydroxylation is 2. The summed E-state index contributed by atoms with van der Waals surface area (Å²) < 4.78 is 5.00. The molecule has 1 aliphatic rings. The third-order valence-electron chi connectivity index (χ3n) is 4.56. The molecule has 1 aromatic heterocycles. The molecule has 1 aliphatic heterocycles. The zero-order valence-corrected chi connectivity index (χ0v) is 14.1. The van der Waals surface area contributed by atoms with E-state index in [0.717, 1.165) is 13.1 Å². The highest BCUT2D eigenvalue weighted by Gasteiger charge is 2.27. The summed E-state index contributed by atoms with van der Waals surface area (Å²) in [5.74, 6) is 0.635. The van der Waals surface area contributed by atoms with Crippen LogP contribution in [0.25, 0.3) is 0 Å². The monoisotopic (exact) mass is 329 g/mol. The summed E-state index contributed by atoms with van der Waals surface area (Å²) in [4.78, 5) is 27.8. The summed E-state index contributed by atoms with van der Waals surface area (Å²) in [5.41, 5.74) is 2.23. The Hall–Kier alpha value is -2.50. The first-order valence-corrected chi connectivity index (χ1v) is 8.32. The molecule has 0 aliphatic carbocycles. The van der Waals surface area contributed by atoms with Gasteiger partial charge < -0.3 is 14.3 Å². The number of hydrogen-bond donors (Lipinski definition) is 1. The van der Waals surface area contributed by atoms with Crippen molar-refractivity contribution >= 4 is 11.6 Å². The van der Waals surface area contributed by atoms with Gasteiger partial charge in [0.25, 0.3) is 5.56 Å². The van der Waals surface area contributed by atoms with Gasteiger partial charge >= 0.3 is 0 Å². The molecule has 6 heteroatoms. The number of anilines is 1. The number of carbonyl (C=O) groups excluding carboxylic acids is 1. The third-order valence-corrected chi connectivity index (χ3v) is 4.56. The maximum Gasteiger partial charge on any atom is 0.280 e. The molecule has 0 bridgehead atoms. The van der Waals surface area contributed by atoms with Crippen LogP contribution in [0.2, 0.25) is 0 Å². The minimum atomic E-state index is -0.266. The number of hydrogen-bond acceptors (Lipinski definition) is 4. The fraction of sp³-hybridized carbons (Fsp3) is 0.444. The second-order valence-electron chi connectivity index (χ2n) is 6.35. The molecule has 1 fully saturated rings. The Bertz CT molecular complexity index is 765. The van der Waals surface area contributed by atoms with Crippen molar-refractivity contribution in [2.45, 2.75) is 32.7 Å². The van der Waals surface area contributed by atoms with Crippen LogP contribution in [0.1, 0.15) is 24.7 Å². The van der Waals surface area contributed by atoms with Crippen LogP contribution in [-0.2, 0) is 11.2 Å². The maximum atomic E-state index is 12.5. The van der Waals surface area contributed by atoms with Crippen molar-refractivity contribution in [3.63, 3.8) is 0 Å². The number of aromatic nitrogens is 1. The van der Waals surface area contributed by atoms with Crippen LogP contribution in [0.4, 0.5) is 5.69 Å². The van der Waals surface area contributed by atoms with E-state index in [1.54, 1.807) is 0 Å². The normalized spacial score (nSPS) is 18.0. The van der Waals surface area contributed by atoms with Crippen molar-refractivity contribution in [1.29, 1.82) is 0 Å². The van der Waals surface area contributed by atoms with E-state index in [2.05, 4.69) is 42.1 Å². The Morgan fingerprint density at radius 3 is 2.79 bits per heavy atom. The number of piperazine rings is 1. The quantitative estimate of drug-likeness (QED) is 0.931. The molecule has 1 atom stereocenters. The molecule has 1 saturated heterocycles. The summed E-state index contributed by atoms with van der Waals surface area (Å²) in [7, 11) is 0. The number of nitrogens with one attached hydrogen (secondary N) is 1. The van der Waals surface area contributed by atoms with Crippen LogP contribution < -0.4 is 10.5 Å². The van der Waals surface area contributed by atoms with Crippen LogP contribution in [-0.4, -0.2) is 41.6 Å². The Morgan fingerprint density at radius 1 is 1.33 bits per heavy atom. The Balaban J connectivity index is 1.58. The van der Waals surface area contributed by atoms with E-state index in [1.165, 1.54) is 17.3 Å². The minimum Gasteiger partial charge on any atom is -0.384 e. The summed E-state index contributed by atoms with van der Waals surface area (Å²) in [6.45, 7) is 6.57. The highest BCUT2D eigenvalue weighted by atomic mass is 16.5. The van der Waals surface area contributed by atoms with E-state index in [9.17, 15) is 9.59 Å². The zero-order valence-electron chi connectivity index (χ0n) is 14.1. The molecule has 128 valence electrons. The number of rotatable bonds is 4. The lowest BCUT2D eigenvalue weighted by Gasteiger charge is -2.41. The van der Waals surface area contributed by atoms with Gasteiger partial charge in [-0.15, -0.1) is 0 Å². The SMILES string of the molecule is Cc1ccccc1N1CCN(C(=O)CCc2cc(=O)[nH]o2)C(C)C1. The van der Waals surface area contributed by atoms with Gasteiger partial charge in [0.05, 0.1) is 0 Å². The Morgan fingerprint density at radius 2 is 2.12 bits per heavy atom. The number of para-hydroxylation sites is 1. The molecule has 0 spiro atoms. The third kappa shape index (κ3) is 3.53. The van der Waals surface area contributed by atoms with E-state index >= 15 is 0 Å². The standard InChI is InChI=1S/C18H23N3O3/c1-13-5-3-4-6-16(13)20-9-10-21(14(2)12-20)18(23)8-7-15-11-17(22)19-24-15/h3-6,11,14H,7-10,12H2,1-2H3,(H,19,22). The van der Waals surface area contributed by atoms with Crippen molar-refractivity contribution < 1.29 is 9.32 Å². The predicted molar refractivity (Wildman–Crippen MR) is 92.2 cm³/mol. The zero-order chi connectivity index (χ0) is 17.1. The average molecular weight is 329 g/mol. The molecule has 2 aromatic rings. The molecule has 1 unspecified atom stereocenters. The van der Waals surface area contributed by atoms with Crippen LogP contribution >= 0.6 is 0 Å². The molecule has 6 nitrogen and oxygen atoms in total. The number of H-pyrrole nitrogens is 1. The van der Waals surface area contributed by atoms with Crippen molar-refractivity contribution in [2.75, 3.05) is 24.5 Å². The van der Waals surface area contributed by atoms with Crippen molar-refractivity contribution in [3.8, 4) is 0 Å². The van der Waals surface area contributed by atoms with Gasteiger partial charge in [0.15, 0.2) is 0 Å². The molecule has 1 N–H and O–H groups in total. The fourth-order valence-electron chi connectivity index (χ4n) is 3.28. The highest BCUT2D eigenvalue weighted by molar-refractivity contribution is 5.77. The summed E-state index contributed by atoms with van der Waals surface area (Å²) >= 11 is 0. The van der Waals surface area contributed by atoms with E-state index in [4.69, 9.17) is 4.52 Å². The van der Waals surface area contributed by atoms with E-state index < -0.39 is 0 Å². The second-order valence-corrected chi connectivity index (χ2v) is 6.35. The lowest BCUT2D eigenvalue weighted by atomic mass is 10.1. The maximum absolute atomic E-state index is 12.5. The molecule has 3 rings (SSSR count). The number of benzene rings is 1. The number of amides is 1. The van der Waals surface area contributed by atoms with E-state index in [0.29, 0.717) is 25.1 Å². The van der Waals surface area contributed by atoms with Gasteiger partial charge in [0, 0.05) is 50.3 Å². The first kappa shape index (κ1) is 16.4. The fourth-order valence-corrected chi connectivity index (χ4v) is 3.28. The smallest absolute Gasteiger partial charge is 0.280 e. The van der Waals surface area contributed by atoms with Gasteiger partial charge in [-0.2, -0.15) is 5.16 Å². The van der Waals surface area contributed by atoms with Gasteiger partial charge in [0.1, 0.15) is 5.76 Å². The van der Waals surface area contributed by atoms with Crippen LogP contribution in [0.5, 0.6) is 0 Å². The molecule has 1 amide bonds. The predicted octanol–water partition coefficient (Wildman–Crippen LogP) is 1.95. The summed E-state index contributed by atoms with van der Waals surface area (Å²) in [6.07, 6.45) is 0.803. The van der Waals surface area contributed by atoms with Gasteiger partial charge in [-0.1, -0.05) is 18.2 Å². The van der Waals surface area contributed by atoms with Gasteiger partial charge in [-0.3, -0.25) is 9.59 Å².